The molecule has 0 saturated carbocycles. The van der Waals surface area contributed by atoms with Crippen LogP contribution in [0.1, 0.15) is 71.1 Å². The molecular formula is C17H32NO7P. The van der Waals surface area contributed by atoms with Gasteiger partial charge in [0.2, 0.25) is 5.91 Å². The second-order valence-corrected chi connectivity index (χ2v) is 7.58. The highest BCUT2D eigenvalue weighted by molar-refractivity contribution is 7.51. The predicted octanol–water partition coefficient (Wildman–Crippen LogP) is 2.01. The number of carboxylic acid groups (broad SMARTS) is 1. The summed E-state index contributed by atoms with van der Waals surface area (Å²) < 4.78 is 10.1. The van der Waals surface area contributed by atoms with Gasteiger partial charge in [-0.1, -0.05) is 32.6 Å². The molecule has 0 spiro atoms. The number of carbonyl (C=O) groups is 2. The molecule has 0 aliphatic heterocycles. The van der Waals surface area contributed by atoms with E-state index in [1.54, 1.807) is 0 Å². The van der Waals surface area contributed by atoms with Gasteiger partial charge in [-0.15, -0.1) is 11.8 Å². The van der Waals surface area contributed by atoms with Crippen molar-refractivity contribution >= 4 is 19.5 Å². The normalized spacial score (nSPS) is 11.5. The molecule has 0 aromatic heterocycles. The van der Waals surface area contributed by atoms with Crippen molar-refractivity contribution in [2.24, 2.45) is 5.73 Å². The van der Waals surface area contributed by atoms with Crippen molar-refractivity contribution in [3.63, 3.8) is 0 Å². The number of aliphatic hydroxyl groups excluding tert-OH is 1. The van der Waals surface area contributed by atoms with E-state index < -0.39 is 31.7 Å². The van der Waals surface area contributed by atoms with Crippen LogP contribution in [-0.2, 0) is 14.2 Å². The maximum atomic E-state index is 10.2. The number of carboxylic acids is 1. The summed E-state index contributed by atoms with van der Waals surface area (Å²) in [6, 6.07) is 0. The Balaban J connectivity index is 0. The summed E-state index contributed by atoms with van der Waals surface area (Å²) in [5, 5.41) is 16.9. The second kappa shape index (κ2) is 17.0. The van der Waals surface area contributed by atoms with Gasteiger partial charge in [0.1, 0.15) is 6.10 Å². The van der Waals surface area contributed by atoms with Gasteiger partial charge in [-0.2, -0.15) is 0 Å². The number of hydrogen-bond donors (Lipinski definition) is 5. The Bertz CT molecular complexity index is 493. The van der Waals surface area contributed by atoms with Crippen LogP contribution in [0.15, 0.2) is 0 Å². The summed E-state index contributed by atoms with van der Waals surface area (Å²) in [6.07, 6.45) is 7.45. The number of amides is 1. The van der Waals surface area contributed by atoms with E-state index >= 15 is 0 Å². The molecule has 0 aliphatic carbocycles. The molecule has 8 nitrogen and oxygen atoms in total. The summed E-state index contributed by atoms with van der Waals surface area (Å²) in [7, 11) is -4.33. The minimum absolute atomic E-state index is 0.316. The first-order chi connectivity index (χ1) is 12.1. The van der Waals surface area contributed by atoms with Crippen molar-refractivity contribution in [1.29, 1.82) is 0 Å². The van der Waals surface area contributed by atoms with Gasteiger partial charge >= 0.3 is 13.6 Å². The topological polar surface area (TPSA) is 158 Å². The maximum Gasteiger partial charge on any atom is 0.328 e. The second-order valence-electron chi connectivity index (χ2n) is 5.88. The fourth-order valence-corrected chi connectivity index (χ4v) is 2.41. The lowest BCUT2D eigenvalue weighted by Gasteiger charge is -2.06. The third-order valence-corrected chi connectivity index (χ3v) is 4.03. The molecule has 0 heterocycles. The highest BCUT2D eigenvalue weighted by atomic mass is 31.2. The van der Waals surface area contributed by atoms with Crippen molar-refractivity contribution < 1.29 is 34.2 Å². The molecule has 9 heteroatoms. The Labute approximate surface area is 155 Å². The third-order valence-electron chi connectivity index (χ3n) is 3.21. The molecule has 0 radical (unpaired) electrons. The molecule has 0 rings (SSSR count). The number of carbonyl (C=O) groups excluding carboxylic acids is 1. The average Bonchev–Trinajstić information content (AvgIpc) is 2.51. The molecule has 0 aromatic carbocycles. The van der Waals surface area contributed by atoms with Gasteiger partial charge in [-0.05, 0) is 19.3 Å². The molecule has 0 bridgehead atoms. The number of unbranched alkanes of at least 4 members (excludes halogenated alkanes) is 7. The molecule has 1 unspecified atom stereocenters. The van der Waals surface area contributed by atoms with Crippen LogP contribution in [-0.4, -0.2) is 44.1 Å². The lowest BCUT2D eigenvalue weighted by molar-refractivity contribution is -0.137. The van der Waals surface area contributed by atoms with Gasteiger partial charge in [0.05, 0.1) is 6.16 Å². The molecule has 0 aromatic rings. The first-order valence-electron chi connectivity index (χ1n) is 8.79. The molecule has 26 heavy (non-hydrogen) atoms. The van der Waals surface area contributed by atoms with Crippen LogP contribution in [0.5, 0.6) is 0 Å². The van der Waals surface area contributed by atoms with E-state index in [0.717, 1.165) is 38.5 Å². The quantitative estimate of drug-likeness (QED) is 0.193. The predicted molar refractivity (Wildman–Crippen MR) is 99.4 cm³/mol. The van der Waals surface area contributed by atoms with Crippen molar-refractivity contribution in [2.45, 2.75) is 77.2 Å². The van der Waals surface area contributed by atoms with Gasteiger partial charge < -0.3 is 25.7 Å². The zero-order valence-corrected chi connectivity index (χ0v) is 16.3. The van der Waals surface area contributed by atoms with Crippen LogP contribution >= 0.6 is 7.60 Å². The summed E-state index contributed by atoms with van der Waals surface area (Å²) >= 11 is 0. The van der Waals surface area contributed by atoms with Gasteiger partial charge in [0.25, 0.3) is 0 Å². The average molecular weight is 393 g/mol. The van der Waals surface area contributed by atoms with E-state index in [2.05, 4.69) is 24.5 Å². The number of aliphatic carboxylic acids is 1. The Morgan fingerprint density at radius 2 is 1.50 bits per heavy atom. The summed E-state index contributed by atoms with van der Waals surface area (Å²) in [6.45, 7) is 2.18. The lowest BCUT2D eigenvalue weighted by Crippen LogP contribution is -2.31. The third kappa shape index (κ3) is 24.9. The first-order valence-corrected chi connectivity index (χ1v) is 10.6. The molecule has 0 fully saturated rings. The molecule has 1 amide bonds. The number of primary amides is 1. The Hall–Kier alpha value is -1.39. The number of rotatable bonds is 12. The SMILES string of the molecule is CCCCC#CCCCCCCCC(=O)O.NC(=O)C(O)CP(=O)(O)O. The van der Waals surface area contributed by atoms with Gasteiger partial charge in [0, 0.05) is 19.3 Å². The fourth-order valence-electron chi connectivity index (χ4n) is 1.78. The van der Waals surface area contributed by atoms with Crippen LogP contribution < -0.4 is 5.73 Å². The van der Waals surface area contributed by atoms with Crippen LogP contribution in [0, 0.1) is 11.8 Å². The van der Waals surface area contributed by atoms with Crippen molar-refractivity contribution in [3.8, 4) is 11.8 Å². The molecule has 1 atom stereocenters. The van der Waals surface area contributed by atoms with Crippen LogP contribution in [0.2, 0.25) is 0 Å². The van der Waals surface area contributed by atoms with E-state index in [9.17, 15) is 14.2 Å². The fraction of sp³-hybridized carbons (Fsp3) is 0.765. The zero-order chi connectivity index (χ0) is 20.4. The molecular weight excluding hydrogens is 361 g/mol. The minimum Gasteiger partial charge on any atom is -0.481 e. The maximum absolute atomic E-state index is 10.2. The highest BCUT2D eigenvalue weighted by Gasteiger charge is 2.23. The van der Waals surface area contributed by atoms with Crippen molar-refractivity contribution in [1.82, 2.24) is 0 Å². The van der Waals surface area contributed by atoms with Crippen LogP contribution in [0.4, 0.5) is 0 Å². The van der Waals surface area contributed by atoms with Crippen molar-refractivity contribution in [3.05, 3.63) is 0 Å². The van der Waals surface area contributed by atoms with Gasteiger partial charge in [-0.25, -0.2) is 0 Å². The van der Waals surface area contributed by atoms with Gasteiger partial charge in [0.15, 0.2) is 0 Å². The van der Waals surface area contributed by atoms with E-state index in [-0.39, 0.29) is 0 Å². The van der Waals surface area contributed by atoms with E-state index in [4.69, 9.17) is 20.0 Å². The Morgan fingerprint density at radius 1 is 1.00 bits per heavy atom. The molecule has 6 N–H and O–H groups in total. The summed E-state index contributed by atoms with van der Waals surface area (Å²) in [5.74, 6) is 4.55. The molecule has 0 aliphatic rings. The standard InChI is InChI=1S/C14H24O2.C3H8NO5P/c1-2-3-4-5-6-7-8-9-10-11-12-13-14(15)16;4-3(6)2(5)1-10(7,8)9/h2-4,7-13H2,1H3,(H,15,16);2,5H,1H2,(H2,4,6)(H2,7,8,9). The van der Waals surface area contributed by atoms with E-state index in [1.165, 1.54) is 19.3 Å². The van der Waals surface area contributed by atoms with E-state index in [0.29, 0.717) is 6.42 Å². The number of hydrogen-bond acceptors (Lipinski definition) is 4. The largest absolute Gasteiger partial charge is 0.481 e. The zero-order valence-electron chi connectivity index (χ0n) is 15.4. The van der Waals surface area contributed by atoms with Crippen molar-refractivity contribution in [2.75, 3.05) is 6.16 Å². The summed E-state index contributed by atoms with van der Waals surface area (Å²) in [4.78, 5) is 36.6. The molecule has 152 valence electrons. The Morgan fingerprint density at radius 3 is 1.92 bits per heavy atom. The van der Waals surface area contributed by atoms with Gasteiger partial charge in [-0.3, -0.25) is 14.2 Å². The lowest BCUT2D eigenvalue weighted by atomic mass is 10.1. The molecule has 0 saturated heterocycles. The number of nitrogens with two attached hydrogens (primary N) is 1. The number of aliphatic hydroxyl groups is 1. The van der Waals surface area contributed by atoms with E-state index in [1.807, 2.05) is 0 Å². The minimum atomic E-state index is -4.33. The first kappa shape index (κ1) is 26.8. The monoisotopic (exact) mass is 393 g/mol. The Kier molecular flexibility index (Phi) is 17.6. The highest BCUT2D eigenvalue weighted by Crippen LogP contribution is 2.34. The van der Waals surface area contributed by atoms with Crippen LogP contribution in [0.3, 0.4) is 0 Å². The smallest absolute Gasteiger partial charge is 0.328 e. The van der Waals surface area contributed by atoms with Crippen LogP contribution in [0.25, 0.3) is 0 Å². The summed E-state index contributed by atoms with van der Waals surface area (Å²) in [5.41, 5.74) is 4.51.